The lowest BCUT2D eigenvalue weighted by Gasteiger charge is -2.34. The van der Waals surface area contributed by atoms with Gasteiger partial charge in [-0.15, -0.1) is 24.8 Å². The minimum atomic E-state index is 0. The van der Waals surface area contributed by atoms with E-state index < -0.39 is 0 Å². The van der Waals surface area contributed by atoms with Crippen LogP contribution in [-0.2, 0) is 6.42 Å². The second-order valence-corrected chi connectivity index (χ2v) is 4.91. The van der Waals surface area contributed by atoms with Crippen LogP contribution in [0.15, 0.2) is 30.3 Å². The Balaban J connectivity index is 0.00000144. The Labute approximate surface area is 123 Å². The van der Waals surface area contributed by atoms with Gasteiger partial charge < -0.3 is 5.73 Å². The summed E-state index contributed by atoms with van der Waals surface area (Å²) in [5.41, 5.74) is 7.36. The van der Waals surface area contributed by atoms with Gasteiger partial charge in [0, 0.05) is 0 Å². The van der Waals surface area contributed by atoms with E-state index in [1.807, 2.05) is 0 Å². The second kappa shape index (κ2) is 8.76. The number of hydrogen-bond donors (Lipinski definition) is 1. The summed E-state index contributed by atoms with van der Waals surface area (Å²) in [5.74, 6) is 0.845. The van der Waals surface area contributed by atoms with Crippen LogP contribution < -0.4 is 5.73 Å². The lowest BCUT2D eigenvalue weighted by Crippen LogP contribution is -2.44. The highest BCUT2D eigenvalue weighted by molar-refractivity contribution is 5.85. The molecule has 0 amide bonds. The Bertz CT molecular complexity index is 309. The fraction of sp³-hybridized carbons (Fsp3) is 0.571. The molecule has 0 bridgehead atoms. The number of piperidine rings is 1. The summed E-state index contributed by atoms with van der Waals surface area (Å²) in [6.07, 6.45) is 4.03. The highest BCUT2D eigenvalue weighted by Gasteiger charge is 2.20. The van der Waals surface area contributed by atoms with Gasteiger partial charge in [-0.3, -0.25) is 4.90 Å². The van der Waals surface area contributed by atoms with Crippen molar-refractivity contribution in [2.75, 3.05) is 13.1 Å². The van der Waals surface area contributed by atoms with E-state index in [4.69, 9.17) is 5.73 Å². The molecule has 0 aromatic heterocycles. The molecule has 2 N–H and O–H groups in total. The zero-order valence-corrected chi connectivity index (χ0v) is 12.6. The van der Waals surface area contributed by atoms with Crippen LogP contribution in [0.4, 0.5) is 0 Å². The lowest BCUT2D eigenvalue weighted by atomic mass is 9.90. The van der Waals surface area contributed by atoms with Gasteiger partial charge in [-0.05, 0) is 50.8 Å². The zero-order valence-electron chi connectivity index (χ0n) is 10.9. The van der Waals surface area contributed by atoms with Crippen LogP contribution in [0, 0.1) is 5.92 Å². The third kappa shape index (κ3) is 5.15. The van der Waals surface area contributed by atoms with Crippen LogP contribution in [0.1, 0.15) is 25.3 Å². The first-order valence-corrected chi connectivity index (χ1v) is 6.29. The van der Waals surface area contributed by atoms with Crippen LogP contribution >= 0.6 is 24.8 Å². The van der Waals surface area contributed by atoms with Crippen molar-refractivity contribution in [3.8, 4) is 0 Å². The van der Waals surface area contributed by atoms with E-state index in [0.717, 1.165) is 19.0 Å². The number of benzene rings is 1. The molecule has 0 spiro atoms. The van der Waals surface area contributed by atoms with E-state index in [1.54, 1.807) is 0 Å². The third-order valence-electron chi connectivity index (χ3n) is 3.59. The van der Waals surface area contributed by atoms with Gasteiger partial charge in [0.15, 0.2) is 0 Å². The molecule has 1 heterocycles. The maximum Gasteiger partial charge on any atom is 0.0542 e. The predicted molar refractivity (Wildman–Crippen MR) is 82.6 cm³/mol. The van der Waals surface area contributed by atoms with Crippen LogP contribution in [0.25, 0.3) is 0 Å². The predicted octanol–water partition coefficient (Wildman–Crippen LogP) is 3.09. The summed E-state index contributed by atoms with van der Waals surface area (Å²) in [6, 6.07) is 10.8. The summed E-state index contributed by atoms with van der Waals surface area (Å²) >= 11 is 0. The number of nitrogens with two attached hydrogens (primary N) is 1. The van der Waals surface area contributed by atoms with Gasteiger partial charge in [-0.1, -0.05) is 30.3 Å². The number of rotatable bonds is 3. The zero-order chi connectivity index (χ0) is 11.4. The van der Waals surface area contributed by atoms with Crippen molar-refractivity contribution < 1.29 is 0 Å². The van der Waals surface area contributed by atoms with Crippen molar-refractivity contribution in [3.63, 3.8) is 0 Å². The molecule has 104 valence electrons. The normalized spacial score (nSPS) is 18.6. The molecule has 0 aliphatic carbocycles. The maximum atomic E-state index is 5.89. The average Bonchev–Trinajstić information content (AvgIpc) is 2.31. The summed E-state index contributed by atoms with van der Waals surface area (Å²) < 4.78 is 0. The number of halogens is 2. The Morgan fingerprint density at radius 2 is 1.72 bits per heavy atom. The van der Waals surface area contributed by atoms with Crippen molar-refractivity contribution in [2.24, 2.45) is 11.7 Å². The maximum absolute atomic E-state index is 5.89. The molecule has 1 aromatic rings. The first kappa shape index (κ1) is 17.7. The lowest BCUT2D eigenvalue weighted by molar-refractivity contribution is 0.143. The van der Waals surface area contributed by atoms with Crippen molar-refractivity contribution >= 4 is 24.8 Å². The molecule has 1 saturated heterocycles. The fourth-order valence-corrected chi connectivity index (χ4v) is 2.51. The van der Waals surface area contributed by atoms with Crippen LogP contribution in [0.2, 0.25) is 0 Å². The van der Waals surface area contributed by atoms with E-state index in [1.165, 1.54) is 24.8 Å². The van der Waals surface area contributed by atoms with Crippen LogP contribution in [0.5, 0.6) is 0 Å². The summed E-state index contributed by atoms with van der Waals surface area (Å²) in [6.45, 7) is 4.40. The number of likely N-dealkylation sites (tertiary alicyclic amines) is 1. The van der Waals surface area contributed by atoms with Crippen molar-refractivity contribution in [1.29, 1.82) is 0 Å². The Hall–Kier alpha value is -0.280. The van der Waals surface area contributed by atoms with Gasteiger partial charge >= 0.3 is 0 Å². The quantitative estimate of drug-likeness (QED) is 0.927. The largest absolute Gasteiger partial charge is 0.316 e. The molecule has 1 aromatic carbocycles. The summed E-state index contributed by atoms with van der Waals surface area (Å²) in [4.78, 5) is 2.38. The van der Waals surface area contributed by atoms with Crippen molar-refractivity contribution in [2.45, 2.75) is 32.4 Å². The molecule has 0 radical (unpaired) electrons. The average molecular weight is 291 g/mol. The highest BCUT2D eigenvalue weighted by Crippen LogP contribution is 2.21. The van der Waals surface area contributed by atoms with Gasteiger partial charge in [0.25, 0.3) is 0 Å². The molecule has 0 saturated carbocycles. The van der Waals surface area contributed by atoms with E-state index >= 15 is 0 Å². The minimum Gasteiger partial charge on any atom is -0.316 e. The first-order valence-electron chi connectivity index (χ1n) is 6.29. The minimum absolute atomic E-state index is 0. The van der Waals surface area contributed by atoms with Crippen molar-refractivity contribution in [3.05, 3.63) is 35.9 Å². The monoisotopic (exact) mass is 290 g/mol. The van der Waals surface area contributed by atoms with E-state index in [2.05, 4.69) is 42.2 Å². The second-order valence-electron chi connectivity index (χ2n) is 4.91. The molecule has 2 rings (SSSR count). The number of hydrogen-bond acceptors (Lipinski definition) is 2. The van der Waals surface area contributed by atoms with Gasteiger partial charge in [0.2, 0.25) is 0 Å². The van der Waals surface area contributed by atoms with Crippen LogP contribution in [0.3, 0.4) is 0 Å². The molecule has 18 heavy (non-hydrogen) atoms. The Morgan fingerprint density at radius 1 is 1.17 bits per heavy atom. The topological polar surface area (TPSA) is 29.3 Å². The number of nitrogens with zero attached hydrogens (tertiary/aromatic N) is 1. The Morgan fingerprint density at radius 3 is 2.22 bits per heavy atom. The van der Waals surface area contributed by atoms with E-state index in [9.17, 15) is 0 Å². The molecule has 1 aliphatic rings. The van der Waals surface area contributed by atoms with Gasteiger partial charge in [-0.2, -0.15) is 0 Å². The summed E-state index contributed by atoms with van der Waals surface area (Å²) in [5, 5.41) is 0. The molecule has 1 unspecified atom stereocenters. The molecule has 1 fully saturated rings. The third-order valence-corrected chi connectivity index (χ3v) is 3.59. The molecule has 1 aliphatic heterocycles. The standard InChI is InChI=1S/C14H22N2.2ClH/c1-12(15)16-9-7-14(8-10-16)11-13-5-3-2-4-6-13;;/h2-6,12,14H,7-11,15H2,1H3;2*1H. The molecular weight excluding hydrogens is 267 g/mol. The fourth-order valence-electron chi connectivity index (χ4n) is 2.51. The highest BCUT2D eigenvalue weighted by atomic mass is 35.5. The molecule has 1 atom stereocenters. The smallest absolute Gasteiger partial charge is 0.0542 e. The van der Waals surface area contributed by atoms with Gasteiger partial charge in [0.05, 0.1) is 6.17 Å². The SMILES string of the molecule is CC(N)N1CCC(Cc2ccccc2)CC1.Cl.Cl. The molecule has 4 heteroatoms. The van der Waals surface area contributed by atoms with Crippen molar-refractivity contribution in [1.82, 2.24) is 4.90 Å². The van der Waals surface area contributed by atoms with Crippen LogP contribution in [-0.4, -0.2) is 24.2 Å². The van der Waals surface area contributed by atoms with E-state index in [-0.39, 0.29) is 31.0 Å². The Kier molecular flexibility index (Phi) is 8.62. The molecule has 2 nitrogen and oxygen atoms in total. The van der Waals surface area contributed by atoms with E-state index in [0.29, 0.717) is 0 Å². The molecular formula is C14H24Cl2N2. The summed E-state index contributed by atoms with van der Waals surface area (Å²) in [7, 11) is 0. The first-order chi connectivity index (χ1) is 7.75. The van der Waals surface area contributed by atoms with Gasteiger partial charge in [-0.25, -0.2) is 0 Å². The van der Waals surface area contributed by atoms with Gasteiger partial charge in [0.1, 0.15) is 0 Å².